The van der Waals surface area contributed by atoms with E-state index in [9.17, 15) is 18.0 Å². The van der Waals surface area contributed by atoms with Gasteiger partial charge in [0.1, 0.15) is 17.5 Å². The summed E-state index contributed by atoms with van der Waals surface area (Å²) in [7, 11) is 0. The molecule has 0 bridgehead atoms. The number of ketones is 1. The molecular formula is C14H8ClF3O. The van der Waals surface area contributed by atoms with Crippen molar-refractivity contribution < 1.29 is 18.0 Å². The van der Waals surface area contributed by atoms with Crippen molar-refractivity contribution in [1.29, 1.82) is 0 Å². The highest BCUT2D eigenvalue weighted by atomic mass is 35.5. The largest absolute Gasteiger partial charge is 0.288 e. The summed E-state index contributed by atoms with van der Waals surface area (Å²) in [5, 5.41) is -0.119. The predicted octanol–water partition coefficient (Wildman–Crippen LogP) is 4.30. The fourth-order valence-corrected chi connectivity index (χ4v) is 1.90. The molecule has 1 nitrogen and oxygen atoms in total. The van der Waals surface area contributed by atoms with E-state index in [2.05, 4.69) is 0 Å². The van der Waals surface area contributed by atoms with Gasteiger partial charge in [-0.2, -0.15) is 0 Å². The van der Waals surface area contributed by atoms with Gasteiger partial charge in [0.25, 0.3) is 0 Å². The molecular weight excluding hydrogens is 277 g/mol. The van der Waals surface area contributed by atoms with Crippen LogP contribution in [0.3, 0.4) is 0 Å². The van der Waals surface area contributed by atoms with Crippen LogP contribution in [0.4, 0.5) is 13.2 Å². The quantitative estimate of drug-likeness (QED) is 0.752. The lowest BCUT2D eigenvalue weighted by molar-refractivity contribution is 0.103. The SMILES string of the molecule is Cc1cc(C(=O)c2ccc(F)cc2Cl)c(F)cc1F. The zero-order valence-electron chi connectivity index (χ0n) is 9.81. The maximum absolute atomic E-state index is 13.6. The van der Waals surface area contributed by atoms with Crippen molar-refractivity contribution in [1.82, 2.24) is 0 Å². The van der Waals surface area contributed by atoms with E-state index < -0.39 is 23.2 Å². The van der Waals surface area contributed by atoms with Gasteiger partial charge in [0, 0.05) is 11.6 Å². The van der Waals surface area contributed by atoms with Gasteiger partial charge in [0.2, 0.25) is 0 Å². The molecule has 0 amide bonds. The number of carbonyl (C=O) groups is 1. The van der Waals surface area contributed by atoms with E-state index in [1.54, 1.807) is 0 Å². The van der Waals surface area contributed by atoms with Crippen LogP contribution in [-0.2, 0) is 0 Å². The average molecular weight is 285 g/mol. The molecule has 0 fully saturated rings. The van der Waals surface area contributed by atoms with Crippen molar-refractivity contribution in [2.24, 2.45) is 0 Å². The number of benzene rings is 2. The van der Waals surface area contributed by atoms with Gasteiger partial charge >= 0.3 is 0 Å². The first-order valence-electron chi connectivity index (χ1n) is 5.35. The van der Waals surface area contributed by atoms with E-state index in [-0.39, 0.29) is 21.7 Å². The Hall–Kier alpha value is -1.81. The standard InChI is InChI=1S/C14H8ClF3O/c1-7-4-10(13(18)6-12(7)17)14(19)9-3-2-8(16)5-11(9)15/h2-6H,1H3. The monoisotopic (exact) mass is 284 g/mol. The number of hydrogen-bond acceptors (Lipinski definition) is 1. The minimum Gasteiger partial charge on any atom is -0.288 e. The molecule has 0 spiro atoms. The highest BCUT2D eigenvalue weighted by molar-refractivity contribution is 6.35. The summed E-state index contributed by atoms with van der Waals surface area (Å²) in [6.07, 6.45) is 0. The molecule has 0 atom stereocenters. The van der Waals surface area contributed by atoms with Crippen LogP contribution >= 0.6 is 11.6 Å². The van der Waals surface area contributed by atoms with Gasteiger partial charge < -0.3 is 0 Å². The second kappa shape index (κ2) is 5.05. The number of carbonyl (C=O) groups excluding carboxylic acids is 1. The average Bonchev–Trinajstić information content (AvgIpc) is 2.33. The van der Waals surface area contributed by atoms with Crippen molar-refractivity contribution in [2.75, 3.05) is 0 Å². The number of halogens is 4. The molecule has 0 aliphatic rings. The molecule has 2 aromatic rings. The minimum absolute atomic E-state index is 0.0343. The number of hydrogen-bond donors (Lipinski definition) is 0. The zero-order chi connectivity index (χ0) is 14.2. The normalized spacial score (nSPS) is 10.6. The molecule has 0 saturated heterocycles. The van der Waals surface area contributed by atoms with Crippen molar-refractivity contribution in [3.8, 4) is 0 Å². The van der Waals surface area contributed by atoms with Crippen LogP contribution in [0.5, 0.6) is 0 Å². The Morgan fingerprint density at radius 1 is 1.00 bits per heavy atom. The molecule has 0 saturated carbocycles. The Balaban J connectivity index is 2.53. The highest BCUT2D eigenvalue weighted by Crippen LogP contribution is 2.23. The lowest BCUT2D eigenvalue weighted by atomic mass is 10.0. The molecule has 0 aromatic heterocycles. The van der Waals surface area contributed by atoms with Gasteiger partial charge in [0.15, 0.2) is 5.78 Å². The van der Waals surface area contributed by atoms with Crippen LogP contribution in [-0.4, -0.2) is 5.78 Å². The van der Waals surface area contributed by atoms with Gasteiger partial charge in [-0.25, -0.2) is 13.2 Å². The maximum Gasteiger partial charge on any atom is 0.197 e. The van der Waals surface area contributed by atoms with Gasteiger partial charge in [-0.05, 0) is 36.8 Å². The van der Waals surface area contributed by atoms with Gasteiger partial charge in [0.05, 0.1) is 10.6 Å². The Labute approximate surface area is 112 Å². The fraction of sp³-hybridized carbons (Fsp3) is 0.0714. The van der Waals surface area contributed by atoms with E-state index in [1.807, 2.05) is 0 Å². The first-order valence-corrected chi connectivity index (χ1v) is 5.73. The van der Waals surface area contributed by atoms with Crippen molar-refractivity contribution in [3.05, 3.63) is 69.5 Å². The van der Waals surface area contributed by atoms with E-state index >= 15 is 0 Å². The Bertz CT molecular complexity index is 668. The van der Waals surface area contributed by atoms with E-state index in [0.29, 0.717) is 6.07 Å². The van der Waals surface area contributed by atoms with E-state index in [4.69, 9.17) is 11.6 Å². The Kier molecular flexibility index (Phi) is 3.62. The highest BCUT2D eigenvalue weighted by Gasteiger charge is 2.18. The first-order chi connectivity index (χ1) is 8.90. The maximum atomic E-state index is 13.6. The van der Waals surface area contributed by atoms with Crippen molar-refractivity contribution in [3.63, 3.8) is 0 Å². The summed E-state index contributed by atoms with van der Waals surface area (Å²) in [5.74, 6) is -3.03. The van der Waals surface area contributed by atoms with Crippen molar-refractivity contribution in [2.45, 2.75) is 6.92 Å². The number of aryl methyl sites for hydroxylation is 1. The molecule has 0 radical (unpaired) electrons. The molecule has 0 unspecified atom stereocenters. The molecule has 0 aliphatic carbocycles. The van der Waals surface area contributed by atoms with E-state index in [0.717, 1.165) is 24.3 Å². The topological polar surface area (TPSA) is 17.1 Å². The van der Waals surface area contributed by atoms with E-state index in [1.165, 1.54) is 6.92 Å². The Morgan fingerprint density at radius 3 is 2.32 bits per heavy atom. The third-order valence-electron chi connectivity index (χ3n) is 2.67. The molecule has 0 aliphatic heterocycles. The molecule has 5 heteroatoms. The van der Waals surface area contributed by atoms with Gasteiger partial charge in [-0.3, -0.25) is 4.79 Å². The zero-order valence-corrected chi connectivity index (χ0v) is 10.6. The fourth-order valence-electron chi connectivity index (χ4n) is 1.65. The molecule has 19 heavy (non-hydrogen) atoms. The Morgan fingerprint density at radius 2 is 1.68 bits per heavy atom. The molecule has 0 heterocycles. The second-order valence-electron chi connectivity index (χ2n) is 4.03. The molecule has 98 valence electrons. The molecule has 2 rings (SSSR count). The lowest BCUT2D eigenvalue weighted by Gasteiger charge is -2.07. The molecule has 2 aromatic carbocycles. The third kappa shape index (κ3) is 2.63. The second-order valence-corrected chi connectivity index (χ2v) is 4.44. The van der Waals surface area contributed by atoms with Crippen LogP contribution in [0.15, 0.2) is 30.3 Å². The third-order valence-corrected chi connectivity index (χ3v) is 2.98. The predicted molar refractivity (Wildman–Crippen MR) is 65.9 cm³/mol. The summed E-state index contributed by atoms with van der Waals surface area (Å²) < 4.78 is 39.6. The van der Waals surface area contributed by atoms with Crippen LogP contribution in [0.2, 0.25) is 5.02 Å². The van der Waals surface area contributed by atoms with Gasteiger partial charge in [-0.15, -0.1) is 0 Å². The summed E-state index contributed by atoms with van der Waals surface area (Å²) in [4.78, 5) is 12.1. The van der Waals surface area contributed by atoms with Crippen molar-refractivity contribution >= 4 is 17.4 Å². The van der Waals surface area contributed by atoms with Crippen LogP contribution < -0.4 is 0 Å². The minimum atomic E-state index is -0.978. The summed E-state index contributed by atoms with van der Waals surface area (Å²) >= 11 is 5.74. The van der Waals surface area contributed by atoms with Crippen LogP contribution in [0.25, 0.3) is 0 Å². The number of rotatable bonds is 2. The smallest absolute Gasteiger partial charge is 0.197 e. The summed E-state index contributed by atoms with van der Waals surface area (Å²) in [6, 6.07) is 4.92. The van der Waals surface area contributed by atoms with Crippen LogP contribution in [0, 0.1) is 24.4 Å². The van der Waals surface area contributed by atoms with Gasteiger partial charge in [-0.1, -0.05) is 11.6 Å². The summed E-state index contributed by atoms with van der Waals surface area (Å²) in [6.45, 7) is 1.41. The summed E-state index contributed by atoms with van der Waals surface area (Å²) in [5.41, 5.74) is -0.191. The van der Waals surface area contributed by atoms with Crippen LogP contribution in [0.1, 0.15) is 21.5 Å². The molecule has 0 N–H and O–H groups in total. The lowest BCUT2D eigenvalue weighted by Crippen LogP contribution is -2.06. The first kappa shape index (κ1) is 13.6.